The summed E-state index contributed by atoms with van der Waals surface area (Å²) in [4.78, 5) is 43.1. The van der Waals surface area contributed by atoms with Gasteiger partial charge in [0.1, 0.15) is 0 Å². The van der Waals surface area contributed by atoms with E-state index in [1.165, 1.54) is 0 Å². The first-order valence-electron chi connectivity index (χ1n) is 3.57. The molecule has 0 aromatic carbocycles. The molecule has 96 valence electrons. The van der Waals surface area contributed by atoms with Gasteiger partial charge in [0, 0.05) is 0 Å². The molecule has 0 heterocycles. The maximum absolute atomic E-state index is 8.88. The van der Waals surface area contributed by atoms with E-state index in [2.05, 4.69) is 27.7 Å². The van der Waals surface area contributed by atoms with E-state index in [9.17, 15) is 0 Å². The topological polar surface area (TPSA) is 156 Å². The Balaban J connectivity index is -0.000000144. The van der Waals surface area contributed by atoms with Gasteiger partial charge in [-0.3, -0.25) is 0 Å². The summed E-state index contributed by atoms with van der Waals surface area (Å²) in [6.45, 7) is 8.75. The molecule has 0 aliphatic carbocycles. The van der Waals surface area contributed by atoms with Crippen molar-refractivity contribution in [3.05, 3.63) is 0 Å². The molecule has 0 aromatic heterocycles. The Labute approximate surface area is 88.1 Å². The third-order valence-electron chi connectivity index (χ3n) is 0. The van der Waals surface area contributed by atoms with Crippen LogP contribution < -0.4 is 0 Å². The van der Waals surface area contributed by atoms with E-state index in [1.807, 2.05) is 0 Å². The number of rotatable bonds is 0. The highest BCUT2D eigenvalue weighted by Gasteiger charge is 2.00. The molecule has 0 aliphatic rings. The number of phosphoric acid groups is 2. The van der Waals surface area contributed by atoms with Gasteiger partial charge in [0.25, 0.3) is 0 Å². The third-order valence-corrected chi connectivity index (χ3v) is 0. The summed E-state index contributed by atoms with van der Waals surface area (Å²) in [5, 5.41) is 0. The second-order valence-corrected chi connectivity index (χ2v) is 6.08. The summed E-state index contributed by atoms with van der Waals surface area (Å²) < 4.78 is 17.8. The van der Waals surface area contributed by atoms with Gasteiger partial charge in [0.05, 0.1) is 0 Å². The molecule has 0 saturated carbocycles. The van der Waals surface area contributed by atoms with Gasteiger partial charge in [-0.25, -0.2) is 9.13 Å². The highest BCUT2D eigenvalue weighted by molar-refractivity contribution is 7.45. The largest absolute Gasteiger partial charge is 0.466 e. The van der Waals surface area contributed by atoms with Gasteiger partial charge in [-0.15, -0.1) is 0 Å². The van der Waals surface area contributed by atoms with Gasteiger partial charge in [-0.2, -0.15) is 0 Å². The van der Waals surface area contributed by atoms with E-state index >= 15 is 0 Å². The molecule has 0 amide bonds. The zero-order valence-electron chi connectivity index (χ0n) is 8.89. The summed E-state index contributed by atoms with van der Waals surface area (Å²) in [6, 6.07) is 0. The molecule has 10 heteroatoms. The Morgan fingerprint density at radius 3 is 0.667 bits per heavy atom. The van der Waals surface area contributed by atoms with Crippen LogP contribution in [0.4, 0.5) is 0 Å². The molecule has 0 aliphatic heterocycles. The lowest BCUT2D eigenvalue weighted by Crippen LogP contribution is -1.93. The van der Waals surface area contributed by atoms with Gasteiger partial charge < -0.3 is 29.4 Å². The SMILES string of the molecule is CC(C)(C)C.O=P(O)(O)O.O=P(O)(O)O. The van der Waals surface area contributed by atoms with Crippen LogP contribution >= 0.6 is 15.6 Å². The Kier molecular flexibility index (Phi) is 10.3. The Bertz CT molecular complexity index is 189. The van der Waals surface area contributed by atoms with Crippen molar-refractivity contribution in [2.45, 2.75) is 27.7 Å². The molecule has 6 N–H and O–H groups in total. The number of hydrogen-bond donors (Lipinski definition) is 6. The van der Waals surface area contributed by atoms with Crippen LogP contribution in [0.25, 0.3) is 0 Å². The quantitative estimate of drug-likeness (QED) is 0.340. The van der Waals surface area contributed by atoms with Gasteiger partial charge in [0.2, 0.25) is 0 Å². The third kappa shape index (κ3) is 43900. The van der Waals surface area contributed by atoms with Crippen LogP contribution in [0, 0.1) is 5.41 Å². The van der Waals surface area contributed by atoms with Crippen molar-refractivity contribution in [1.82, 2.24) is 0 Å². The lowest BCUT2D eigenvalue weighted by atomic mass is 10.0. The van der Waals surface area contributed by atoms with Crippen LogP contribution in [-0.4, -0.2) is 29.4 Å². The molecule has 0 unspecified atom stereocenters. The zero-order chi connectivity index (χ0) is 13.5. The predicted octanol–water partition coefficient (Wildman–Crippen LogP) is 0.195. The van der Waals surface area contributed by atoms with Crippen molar-refractivity contribution in [3.8, 4) is 0 Å². The van der Waals surface area contributed by atoms with Crippen molar-refractivity contribution < 1.29 is 38.5 Å². The standard InChI is InChI=1S/C5H12.2H3O4P/c3*1-5(2,3)4/h1-4H3;2*(H3,1,2,3,4). The Hall–Kier alpha value is 0.220. The molecule has 0 rings (SSSR count). The summed E-state index contributed by atoms with van der Waals surface area (Å²) >= 11 is 0. The highest BCUT2D eigenvalue weighted by atomic mass is 31.2. The fraction of sp³-hybridized carbons (Fsp3) is 1.00. The molecule has 0 radical (unpaired) electrons. The minimum Gasteiger partial charge on any atom is -0.303 e. The van der Waals surface area contributed by atoms with Crippen LogP contribution in [0.1, 0.15) is 27.7 Å². The molecule has 8 nitrogen and oxygen atoms in total. The summed E-state index contributed by atoms with van der Waals surface area (Å²) in [6.07, 6.45) is 0. The van der Waals surface area contributed by atoms with Crippen molar-refractivity contribution in [2.24, 2.45) is 5.41 Å². The summed E-state index contributed by atoms with van der Waals surface area (Å²) in [7, 11) is -9.28. The molecule has 0 atom stereocenters. The Morgan fingerprint density at radius 1 is 0.667 bits per heavy atom. The molecule has 0 saturated heterocycles. The maximum Gasteiger partial charge on any atom is 0.466 e. The summed E-state index contributed by atoms with van der Waals surface area (Å²) in [5.41, 5.74) is 0.500. The first kappa shape index (κ1) is 20.6. The lowest BCUT2D eigenvalue weighted by Gasteiger charge is -2.05. The minimum atomic E-state index is -4.64. The van der Waals surface area contributed by atoms with E-state index in [4.69, 9.17) is 38.5 Å². The molecular formula is C5H18O8P2. The van der Waals surface area contributed by atoms with Crippen LogP contribution in [-0.2, 0) is 9.13 Å². The molecule has 0 bridgehead atoms. The molecule has 0 fully saturated rings. The second kappa shape index (κ2) is 7.49. The summed E-state index contributed by atoms with van der Waals surface area (Å²) in [5.74, 6) is 0. The van der Waals surface area contributed by atoms with Crippen LogP contribution in [0.5, 0.6) is 0 Å². The number of hydrogen-bond acceptors (Lipinski definition) is 2. The monoisotopic (exact) mass is 268 g/mol. The van der Waals surface area contributed by atoms with Gasteiger partial charge in [-0.1, -0.05) is 27.7 Å². The van der Waals surface area contributed by atoms with Crippen LogP contribution in [0.15, 0.2) is 0 Å². The lowest BCUT2D eigenvalue weighted by molar-refractivity contribution is 0.272. The first-order chi connectivity index (χ1) is 6.00. The highest BCUT2D eigenvalue weighted by Crippen LogP contribution is 2.26. The molecular weight excluding hydrogens is 250 g/mol. The van der Waals surface area contributed by atoms with Gasteiger partial charge in [0.15, 0.2) is 0 Å². The van der Waals surface area contributed by atoms with E-state index < -0.39 is 15.6 Å². The van der Waals surface area contributed by atoms with Crippen molar-refractivity contribution in [2.75, 3.05) is 0 Å². The van der Waals surface area contributed by atoms with E-state index in [0.717, 1.165) is 0 Å². The molecule has 0 spiro atoms. The maximum atomic E-state index is 8.88. The zero-order valence-corrected chi connectivity index (χ0v) is 10.7. The fourth-order valence-electron chi connectivity index (χ4n) is 0. The minimum absolute atomic E-state index is 0.500. The van der Waals surface area contributed by atoms with Crippen LogP contribution in [0.2, 0.25) is 0 Å². The average molecular weight is 268 g/mol. The molecule has 0 aromatic rings. The van der Waals surface area contributed by atoms with Crippen molar-refractivity contribution >= 4 is 15.6 Å². The predicted molar refractivity (Wildman–Crippen MR) is 53.7 cm³/mol. The van der Waals surface area contributed by atoms with Gasteiger partial charge >= 0.3 is 15.6 Å². The second-order valence-electron chi connectivity index (χ2n) is 4.03. The van der Waals surface area contributed by atoms with Crippen molar-refractivity contribution in [1.29, 1.82) is 0 Å². The normalized spacial score (nSPS) is 11.9. The fourth-order valence-corrected chi connectivity index (χ4v) is 0. The average Bonchev–Trinajstić information content (AvgIpc) is 1.41. The smallest absolute Gasteiger partial charge is 0.303 e. The Morgan fingerprint density at radius 2 is 0.667 bits per heavy atom. The molecule has 15 heavy (non-hydrogen) atoms. The first-order valence-corrected chi connectivity index (χ1v) is 6.70. The van der Waals surface area contributed by atoms with Gasteiger partial charge in [-0.05, 0) is 5.41 Å². The van der Waals surface area contributed by atoms with E-state index in [1.54, 1.807) is 0 Å². The van der Waals surface area contributed by atoms with E-state index in [0.29, 0.717) is 5.41 Å². The van der Waals surface area contributed by atoms with Crippen LogP contribution in [0.3, 0.4) is 0 Å². The van der Waals surface area contributed by atoms with Crippen molar-refractivity contribution in [3.63, 3.8) is 0 Å². The van der Waals surface area contributed by atoms with E-state index in [-0.39, 0.29) is 0 Å².